The Balaban J connectivity index is 1.78. The highest BCUT2D eigenvalue weighted by Gasteiger charge is 2.32. The zero-order chi connectivity index (χ0) is 12.8. The second kappa shape index (κ2) is 6.88. The number of ether oxygens (including phenoxy) is 2. The van der Waals surface area contributed by atoms with Gasteiger partial charge in [0.2, 0.25) is 0 Å². The first-order valence-corrected chi connectivity index (χ1v) is 6.64. The molecule has 0 unspecified atom stereocenters. The van der Waals surface area contributed by atoms with Crippen LogP contribution in [0.4, 0.5) is 0 Å². The van der Waals surface area contributed by atoms with Crippen LogP contribution in [-0.2, 0) is 16.1 Å². The fourth-order valence-electron chi connectivity index (χ4n) is 2.66. The molecule has 1 aliphatic carbocycles. The van der Waals surface area contributed by atoms with E-state index in [0.717, 1.165) is 19.3 Å². The number of aliphatic hydroxyl groups is 1. The Labute approximate surface area is 109 Å². The predicted molar refractivity (Wildman–Crippen MR) is 70.2 cm³/mol. The molecule has 2 rings (SSSR count). The largest absolute Gasteiger partial charge is 0.390 e. The zero-order valence-electron chi connectivity index (χ0n) is 10.9. The van der Waals surface area contributed by atoms with Crippen LogP contribution in [0.3, 0.4) is 0 Å². The Morgan fingerprint density at radius 3 is 2.72 bits per heavy atom. The lowest BCUT2D eigenvalue weighted by molar-refractivity contribution is -0.0911. The maximum Gasteiger partial charge on any atom is 0.0880 e. The van der Waals surface area contributed by atoms with Gasteiger partial charge in [0.05, 0.1) is 25.4 Å². The maximum absolute atomic E-state index is 9.88. The van der Waals surface area contributed by atoms with Gasteiger partial charge in [0, 0.05) is 13.0 Å². The average Bonchev–Trinajstić information content (AvgIpc) is 2.40. The number of rotatable bonds is 5. The molecule has 1 aromatic carbocycles. The number of aliphatic hydroxyl groups excluding tert-OH is 1. The topological polar surface area (TPSA) is 38.7 Å². The van der Waals surface area contributed by atoms with Crippen molar-refractivity contribution in [2.24, 2.45) is 5.92 Å². The van der Waals surface area contributed by atoms with E-state index in [-0.39, 0.29) is 12.2 Å². The van der Waals surface area contributed by atoms with Crippen LogP contribution in [0.2, 0.25) is 0 Å². The highest BCUT2D eigenvalue weighted by molar-refractivity contribution is 5.13. The van der Waals surface area contributed by atoms with E-state index in [1.54, 1.807) is 7.11 Å². The van der Waals surface area contributed by atoms with E-state index in [1.165, 1.54) is 5.56 Å². The van der Waals surface area contributed by atoms with Crippen molar-refractivity contribution in [1.82, 2.24) is 0 Å². The number of methoxy groups -OCH3 is 1. The summed E-state index contributed by atoms with van der Waals surface area (Å²) < 4.78 is 11.1. The van der Waals surface area contributed by atoms with Gasteiger partial charge in [0.15, 0.2) is 0 Å². The molecule has 1 N–H and O–H groups in total. The molecule has 3 nitrogen and oxygen atoms in total. The van der Waals surface area contributed by atoms with E-state index >= 15 is 0 Å². The summed E-state index contributed by atoms with van der Waals surface area (Å²) in [6, 6.07) is 10.1. The lowest BCUT2D eigenvalue weighted by Crippen LogP contribution is -2.41. The van der Waals surface area contributed by atoms with E-state index in [0.29, 0.717) is 19.1 Å². The van der Waals surface area contributed by atoms with Gasteiger partial charge in [-0.2, -0.15) is 0 Å². The lowest BCUT2D eigenvalue weighted by Gasteiger charge is -2.34. The molecule has 0 amide bonds. The summed E-state index contributed by atoms with van der Waals surface area (Å²) >= 11 is 0. The molecular formula is C15H22O3. The quantitative estimate of drug-likeness (QED) is 0.872. The Morgan fingerprint density at radius 1 is 1.22 bits per heavy atom. The van der Waals surface area contributed by atoms with Gasteiger partial charge in [-0.25, -0.2) is 0 Å². The Morgan fingerprint density at radius 2 is 2.00 bits per heavy atom. The molecule has 0 saturated heterocycles. The van der Waals surface area contributed by atoms with Crippen molar-refractivity contribution in [2.45, 2.75) is 38.1 Å². The molecular weight excluding hydrogens is 228 g/mol. The molecule has 3 atom stereocenters. The molecule has 1 aromatic rings. The van der Waals surface area contributed by atoms with Crippen LogP contribution in [-0.4, -0.2) is 31.0 Å². The third-order valence-corrected chi connectivity index (χ3v) is 3.63. The summed E-state index contributed by atoms with van der Waals surface area (Å²) in [6.07, 6.45) is 2.56. The monoisotopic (exact) mass is 250 g/mol. The summed E-state index contributed by atoms with van der Waals surface area (Å²) in [5.41, 5.74) is 1.18. The molecule has 18 heavy (non-hydrogen) atoms. The van der Waals surface area contributed by atoms with Gasteiger partial charge in [-0.3, -0.25) is 0 Å². The molecule has 0 aromatic heterocycles. The van der Waals surface area contributed by atoms with Crippen LogP contribution >= 0.6 is 0 Å². The van der Waals surface area contributed by atoms with E-state index in [2.05, 4.69) is 12.1 Å². The van der Waals surface area contributed by atoms with Crippen molar-refractivity contribution in [2.75, 3.05) is 13.7 Å². The average molecular weight is 250 g/mol. The van der Waals surface area contributed by atoms with Crippen LogP contribution in [0.15, 0.2) is 30.3 Å². The molecule has 100 valence electrons. The standard InChI is InChI=1S/C15H22O3/c1-17-15-13(8-5-9-14(15)16)11-18-10-12-6-3-2-4-7-12/h2-4,6-7,13-16H,5,8-11H2,1H3/t13-,14+,15+/m1/s1. The van der Waals surface area contributed by atoms with Crippen molar-refractivity contribution in [1.29, 1.82) is 0 Å². The second-order valence-electron chi connectivity index (χ2n) is 4.96. The third-order valence-electron chi connectivity index (χ3n) is 3.63. The molecule has 0 spiro atoms. The zero-order valence-corrected chi connectivity index (χ0v) is 10.9. The number of hydrogen-bond acceptors (Lipinski definition) is 3. The normalized spacial score (nSPS) is 28.2. The third kappa shape index (κ3) is 3.55. The van der Waals surface area contributed by atoms with Gasteiger partial charge in [0.1, 0.15) is 0 Å². The van der Waals surface area contributed by atoms with Crippen molar-refractivity contribution in [3.8, 4) is 0 Å². The van der Waals surface area contributed by atoms with Gasteiger partial charge < -0.3 is 14.6 Å². The predicted octanol–water partition coefficient (Wildman–Crippen LogP) is 2.38. The highest BCUT2D eigenvalue weighted by atomic mass is 16.5. The lowest BCUT2D eigenvalue weighted by atomic mass is 9.85. The first-order valence-electron chi connectivity index (χ1n) is 6.64. The Hall–Kier alpha value is -0.900. The van der Waals surface area contributed by atoms with Gasteiger partial charge in [-0.15, -0.1) is 0 Å². The first kappa shape index (κ1) is 13.5. The van der Waals surface area contributed by atoms with E-state index in [4.69, 9.17) is 9.47 Å². The summed E-state index contributed by atoms with van der Waals surface area (Å²) in [7, 11) is 1.67. The van der Waals surface area contributed by atoms with Crippen LogP contribution in [0.25, 0.3) is 0 Å². The van der Waals surface area contributed by atoms with Gasteiger partial charge in [-0.1, -0.05) is 36.8 Å². The Bertz CT molecular complexity index is 339. The highest BCUT2D eigenvalue weighted by Crippen LogP contribution is 2.27. The number of benzene rings is 1. The minimum Gasteiger partial charge on any atom is -0.390 e. The van der Waals surface area contributed by atoms with Crippen molar-refractivity contribution in [3.63, 3.8) is 0 Å². The summed E-state index contributed by atoms with van der Waals surface area (Å²) in [6.45, 7) is 1.29. The summed E-state index contributed by atoms with van der Waals surface area (Å²) in [4.78, 5) is 0. The van der Waals surface area contributed by atoms with Gasteiger partial charge in [-0.05, 0) is 18.4 Å². The minimum atomic E-state index is -0.339. The molecule has 0 bridgehead atoms. The van der Waals surface area contributed by atoms with E-state index < -0.39 is 0 Å². The van der Waals surface area contributed by atoms with Crippen molar-refractivity contribution < 1.29 is 14.6 Å². The minimum absolute atomic E-state index is 0.0745. The Kier molecular flexibility index (Phi) is 5.17. The van der Waals surface area contributed by atoms with Gasteiger partial charge in [0.25, 0.3) is 0 Å². The van der Waals surface area contributed by atoms with Crippen LogP contribution in [0.1, 0.15) is 24.8 Å². The smallest absolute Gasteiger partial charge is 0.0880 e. The molecule has 1 saturated carbocycles. The van der Waals surface area contributed by atoms with Crippen molar-refractivity contribution >= 4 is 0 Å². The fraction of sp³-hybridized carbons (Fsp3) is 0.600. The van der Waals surface area contributed by atoms with E-state index in [9.17, 15) is 5.11 Å². The number of hydrogen-bond donors (Lipinski definition) is 1. The molecule has 0 aliphatic heterocycles. The first-order chi connectivity index (χ1) is 8.81. The molecule has 1 aliphatic rings. The molecule has 0 heterocycles. The second-order valence-corrected chi connectivity index (χ2v) is 4.96. The molecule has 0 radical (unpaired) electrons. The van der Waals surface area contributed by atoms with Crippen LogP contribution in [0, 0.1) is 5.92 Å². The van der Waals surface area contributed by atoms with E-state index in [1.807, 2.05) is 18.2 Å². The maximum atomic E-state index is 9.88. The van der Waals surface area contributed by atoms with Gasteiger partial charge >= 0.3 is 0 Å². The molecule has 1 fully saturated rings. The summed E-state index contributed by atoms with van der Waals surface area (Å²) in [5, 5.41) is 9.88. The van der Waals surface area contributed by atoms with Crippen LogP contribution in [0.5, 0.6) is 0 Å². The van der Waals surface area contributed by atoms with Crippen molar-refractivity contribution in [3.05, 3.63) is 35.9 Å². The fourth-order valence-corrected chi connectivity index (χ4v) is 2.66. The van der Waals surface area contributed by atoms with Crippen LogP contribution < -0.4 is 0 Å². The SMILES string of the molecule is CO[C@H]1[C@@H](COCc2ccccc2)CCC[C@@H]1O. The summed E-state index contributed by atoms with van der Waals surface area (Å²) in [5.74, 6) is 0.308. The molecule has 3 heteroatoms.